The minimum Gasteiger partial charge on any atom is -0.479 e. The molecule has 0 heterocycles. The van der Waals surface area contributed by atoms with Crippen LogP contribution in [0.25, 0.3) is 0 Å². The molecule has 1 aliphatic carbocycles. The van der Waals surface area contributed by atoms with Crippen molar-refractivity contribution in [2.75, 3.05) is 6.61 Å². The van der Waals surface area contributed by atoms with Crippen LogP contribution in [0.2, 0.25) is 0 Å². The Morgan fingerprint density at radius 2 is 2.00 bits per heavy atom. The van der Waals surface area contributed by atoms with E-state index in [-0.39, 0.29) is 0 Å². The minimum absolute atomic E-state index is 0.374. The molecule has 1 N–H and O–H groups in total. The lowest BCUT2D eigenvalue weighted by molar-refractivity contribution is -0.142. The van der Waals surface area contributed by atoms with Crippen molar-refractivity contribution in [1.82, 2.24) is 0 Å². The van der Waals surface area contributed by atoms with Gasteiger partial charge >= 0.3 is 5.97 Å². The van der Waals surface area contributed by atoms with Crippen molar-refractivity contribution in [3.8, 4) is 0 Å². The zero-order valence-corrected chi connectivity index (χ0v) is 13.4. The molecule has 1 aliphatic rings. The highest BCUT2D eigenvalue weighted by Gasteiger charge is 2.20. The van der Waals surface area contributed by atoms with Gasteiger partial charge in [0.2, 0.25) is 6.61 Å². The number of nitrogens with zero attached hydrogens (tertiary/aromatic N) is 1. The zero-order chi connectivity index (χ0) is 16.1. The van der Waals surface area contributed by atoms with Crippen LogP contribution in [0.4, 0.5) is 0 Å². The number of carbonyl (C=O) groups is 1. The van der Waals surface area contributed by atoms with Gasteiger partial charge in [0.15, 0.2) is 0 Å². The Balaban J connectivity index is 2.09. The van der Waals surface area contributed by atoms with Crippen LogP contribution in [0.3, 0.4) is 0 Å². The van der Waals surface area contributed by atoms with Crippen LogP contribution in [-0.2, 0) is 9.63 Å². The van der Waals surface area contributed by atoms with E-state index >= 15 is 0 Å². The third-order valence-corrected chi connectivity index (χ3v) is 3.88. The number of allylic oxidation sites excluding steroid dienone is 2. The smallest absolute Gasteiger partial charge is 0.344 e. The van der Waals surface area contributed by atoms with Gasteiger partial charge in [0, 0.05) is 6.42 Å². The van der Waals surface area contributed by atoms with Crippen molar-refractivity contribution in [1.29, 1.82) is 0 Å². The number of aliphatic carboxylic acids is 1. The molecular formula is C18H23NO3. The molecule has 22 heavy (non-hydrogen) atoms. The lowest BCUT2D eigenvalue weighted by Gasteiger charge is -2.23. The van der Waals surface area contributed by atoms with Gasteiger partial charge in [-0.15, -0.1) is 0 Å². The van der Waals surface area contributed by atoms with Crippen molar-refractivity contribution < 1.29 is 14.7 Å². The van der Waals surface area contributed by atoms with E-state index in [2.05, 4.69) is 50.2 Å². The fourth-order valence-corrected chi connectivity index (χ4v) is 2.74. The Labute approximate surface area is 131 Å². The molecule has 0 saturated carbocycles. The first-order valence-corrected chi connectivity index (χ1v) is 7.63. The summed E-state index contributed by atoms with van der Waals surface area (Å²) in [6.07, 6.45) is 3.76. The van der Waals surface area contributed by atoms with Crippen LogP contribution in [-0.4, -0.2) is 23.4 Å². The van der Waals surface area contributed by atoms with E-state index in [4.69, 9.17) is 9.94 Å². The molecular weight excluding hydrogens is 278 g/mol. The summed E-state index contributed by atoms with van der Waals surface area (Å²) in [5.74, 6) is -0.108. The van der Waals surface area contributed by atoms with Gasteiger partial charge in [-0.3, -0.25) is 0 Å². The number of benzene rings is 1. The molecule has 1 unspecified atom stereocenters. The fraction of sp³-hybridized carbons (Fsp3) is 0.444. The molecule has 118 valence electrons. The number of hydrogen-bond donors (Lipinski definition) is 1. The summed E-state index contributed by atoms with van der Waals surface area (Å²) in [7, 11) is 0. The van der Waals surface area contributed by atoms with E-state index in [0.717, 1.165) is 18.6 Å². The van der Waals surface area contributed by atoms with Crippen molar-refractivity contribution in [3.63, 3.8) is 0 Å². The average Bonchev–Trinajstić information content (AvgIpc) is 2.46. The van der Waals surface area contributed by atoms with Crippen LogP contribution in [0.5, 0.6) is 0 Å². The summed E-state index contributed by atoms with van der Waals surface area (Å²) >= 11 is 0. The molecule has 4 heteroatoms. The van der Waals surface area contributed by atoms with Crippen molar-refractivity contribution in [2.45, 2.75) is 45.4 Å². The fourth-order valence-electron chi connectivity index (χ4n) is 2.74. The number of carboxylic acids is 1. The van der Waals surface area contributed by atoms with Crippen molar-refractivity contribution in [2.24, 2.45) is 5.16 Å². The van der Waals surface area contributed by atoms with E-state index in [0.29, 0.717) is 11.8 Å². The molecule has 0 aromatic heterocycles. The molecule has 0 bridgehead atoms. The zero-order valence-electron chi connectivity index (χ0n) is 13.4. The molecule has 1 aromatic carbocycles. The Kier molecular flexibility index (Phi) is 5.36. The van der Waals surface area contributed by atoms with Gasteiger partial charge in [-0.05, 0) is 42.4 Å². The summed E-state index contributed by atoms with van der Waals surface area (Å²) in [5.41, 5.74) is 4.68. The van der Waals surface area contributed by atoms with E-state index in [1.807, 2.05) is 6.08 Å². The highest BCUT2D eigenvalue weighted by molar-refractivity contribution is 5.96. The van der Waals surface area contributed by atoms with E-state index < -0.39 is 12.6 Å². The normalized spacial score (nSPS) is 20.1. The summed E-state index contributed by atoms with van der Waals surface area (Å²) in [6, 6.07) is 8.75. The Morgan fingerprint density at radius 1 is 1.32 bits per heavy atom. The topological polar surface area (TPSA) is 58.9 Å². The lowest BCUT2D eigenvalue weighted by atomic mass is 9.83. The van der Waals surface area contributed by atoms with Gasteiger partial charge < -0.3 is 9.94 Å². The van der Waals surface area contributed by atoms with E-state index in [1.165, 1.54) is 16.7 Å². The second-order valence-corrected chi connectivity index (χ2v) is 6.17. The molecule has 0 fully saturated rings. The van der Waals surface area contributed by atoms with Crippen molar-refractivity contribution in [3.05, 3.63) is 47.0 Å². The summed E-state index contributed by atoms with van der Waals surface area (Å²) in [5, 5.41) is 12.5. The Morgan fingerprint density at radius 3 is 2.59 bits per heavy atom. The number of carboxylic acid groups (broad SMARTS) is 1. The van der Waals surface area contributed by atoms with Crippen LogP contribution in [0.15, 0.2) is 41.1 Å². The Bertz CT molecular complexity index is 585. The van der Waals surface area contributed by atoms with Crippen LogP contribution < -0.4 is 0 Å². The predicted molar refractivity (Wildman–Crippen MR) is 87.3 cm³/mol. The third kappa shape index (κ3) is 4.45. The predicted octanol–water partition coefficient (Wildman–Crippen LogP) is 4.09. The van der Waals surface area contributed by atoms with Gasteiger partial charge in [0.25, 0.3) is 0 Å². The van der Waals surface area contributed by atoms with E-state index in [1.54, 1.807) is 0 Å². The molecule has 0 amide bonds. The quantitative estimate of drug-likeness (QED) is 0.833. The largest absolute Gasteiger partial charge is 0.479 e. The number of oxime groups is 1. The molecule has 1 atom stereocenters. The maximum atomic E-state index is 10.5. The van der Waals surface area contributed by atoms with Crippen molar-refractivity contribution >= 4 is 11.7 Å². The summed E-state index contributed by atoms with van der Waals surface area (Å²) in [4.78, 5) is 15.3. The highest BCUT2D eigenvalue weighted by Crippen LogP contribution is 2.32. The first-order chi connectivity index (χ1) is 10.5. The molecule has 0 radical (unpaired) electrons. The van der Waals surface area contributed by atoms with Crippen LogP contribution in [0, 0.1) is 0 Å². The van der Waals surface area contributed by atoms with Gasteiger partial charge in [-0.25, -0.2) is 4.79 Å². The minimum atomic E-state index is -1.01. The standard InChI is InChI=1S/C18H23NO3/c1-12(2)14-4-6-15(7-5-14)16-8-13(3)9-17(10-16)19-22-11-18(20)21/h4-7,9,12,16H,8,10-11H2,1-3H3,(H,20,21)/b19-17+. The van der Waals surface area contributed by atoms with E-state index in [9.17, 15) is 4.79 Å². The second kappa shape index (κ2) is 7.25. The third-order valence-electron chi connectivity index (χ3n) is 3.88. The monoisotopic (exact) mass is 301 g/mol. The second-order valence-electron chi connectivity index (χ2n) is 6.17. The number of hydrogen-bond acceptors (Lipinski definition) is 3. The molecule has 2 rings (SSSR count). The Hall–Kier alpha value is -2.10. The molecule has 0 saturated heterocycles. The maximum absolute atomic E-state index is 10.5. The summed E-state index contributed by atoms with van der Waals surface area (Å²) < 4.78 is 0. The van der Waals surface area contributed by atoms with Gasteiger partial charge in [0.05, 0.1) is 5.71 Å². The van der Waals surface area contributed by atoms with Crippen LogP contribution in [0.1, 0.15) is 56.6 Å². The first kappa shape index (κ1) is 16.3. The number of rotatable bonds is 5. The maximum Gasteiger partial charge on any atom is 0.344 e. The molecule has 1 aromatic rings. The first-order valence-electron chi connectivity index (χ1n) is 7.63. The average molecular weight is 301 g/mol. The van der Waals surface area contributed by atoms with Gasteiger partial charge in [-0.2, -0.15) is 0 Å². The SMILES string of the molecule is CC1=C/C(=N\OCC(=O)O)CC(c2ccc(C(C)C)cc2)C1. The van der Waals surface area contributed by atoms with Crippen LogP contribution >= 0.6 is 0 Å². The molecule has 0 spiro atoms. The molecule has 0 aliphatic heterocycles. The molecule has 4 nitrogen and oxygen atoms in total. The lowest BCUT2D eigenvalue weighted by Crippen LogP contribution is -2.13. The highest BCUT2D eigenvalue weighted by atomic mass is 16.6. The summed E-state index contributed by atoms with van der Waals surface area (Å²) in [6.45, 7) is 6.05. The van der Waals surface area contributed by atoms with Gasteiger partial charge in [-0.1, -0.05) is 48.8 Å². The van der Waals surface area contributed by atoms with Gasteiger partial charge in [0.1, 0.15) is 0 Å².